The zero-order valence-electron chi connectivity index (χ0n) is 11.0. The summed E-state index contributed by atoms with van der Waals surface area (Å²) >= 11 is 1.67. The predicted molar refractivity (Wildman–Crippen MR) is 82.8 cm³/mol. The van der Waals surface area contributed by atoms with Crippen LogP contribution >= 0.6 is 11.8 Å². The first-order chi connectivity index (χ1) is 9.24. The Morgan fingerprint density at radius 1 is 1.00 bits per heavy atom. The lowest BCUT2D eigenvalue weighted by Gasteiger charge is -1.95. The highest BCUT2D eigenvalue weighted by Crippen LogP contribution is 2.15. The first-order valence-corrected chi connectivity index (χ1v) is 6.86. The molecule has 1 amide bonds. The maximum Gasteiger partial charge on any atom is 0.248 e. The monoisotopic (exact) mass is 293 g/mol. The van der Waals surface area contributed by atoms with E-state index in [1.165, 1.54) is 4.90 Å². The third-order valence-electron chi connectivity index (χ3n) is 2.16. The van der Waals surface area contributed by atoms with Gasteiger partial charge >= 0.3 is 0 Å². The van der Waals surface area contributed by atoms with Gasteiger partial charge in [-0.15, -0.1) is 11.8 Å². The van der Waals surface area contributed by atoms with Gasteiger partial charge in [-0.2, -0.15) is 0 Å². The Bertz CT molecular complexity index is 477. The van der Waals surface area contributed by atoms with Crippen LogP contribution in [-0.2, 0) is 0 Å². The van der Waals surface area contributed by atoms with E-state index in [-0.39, 0.29) is 18.0 Å². The highest BCUT2D eigenvalue weighted by Gasteiger charge is 1.93. The van der Waals surface area contributed by atoms with E-state index < -0.39 is 0 Å². The van der Waals surface area contributed by atoms with Gasteiger partial charge in [0.25, 0.3) is 0 Å². The molecule has 5 N–H and O–H groups in total. The summed E-state index contributed by atoms with van der Waals surface area (Å²) in [4.78, 5) is 11.6. The number of aliphatic hydroxyl groups is 1. The van der Waals surface area contributed by atoms with Crippen LogP contribution in [0.2, 0.25) is 0 Å². The molecule has 0 aliphatic rings. The number of primary amides is 1. The molecule has 0 aromatic heterocycles. The van der Waals surface area contributed by atoms with Crippen LogP contribution in [0.3, 0.4) is 0 Å². The molecule has 0 saturated carbocycles. The van der Waals surface area contributed by atoms with Crippen LogP contribution in [-0.4, -0.2) is 28.8 Å². The van der Waals surface area contributed by atoms with Gasteiger partial charge in [-0.1, -0.05) is 36.4 Å². The molecule has 0 bridgehead atoms. The normalized spacial score (nSPS) is 8.85. The van der Waals surface area contributed by atoms with Crippen LogP contribution in [0.1, 0.15) is 10.4 Å². The van der Waals surface area contributed by atoms with Crippen molar-refractivity contribution in [2.75, 3.05) is 12.4 Å². The lowest BCUT2D eigenvalue weighted by molar-refractivity contribution is 0.100. The summed E-state index contributed by atoms with van der Waals surface area (Å²) in [5, 5.41) is 8.51. The van der Waals surface area contributed by atoms with Gasteiger partial charge in [0.15, 0.2) is 0 Å². The SMILES string of the molecule is NC(=O)c1ccccc1.O.OCCSc1ccccc1. The largest absolute Gasteiger partial charge is 0.412 e. The van der Waals surface area contributed by atoms with Crippen molar-refractivity contribution in [1.29, 1.82) is 0 Å². The molecule has 0 radical (unpaired) electrons. The average Bonchev–Trinajstić information content (AvgIpc) is 2.48. The molecule has 0 heterocycles. The quantitative estimate of drug-likeness (QED) is 0.840. The van der Waals surface area contributed by atoms with Crippen molar-refractivity contribution in [3.05, 3.63) is 66.2 Å². The minimum Gasteiger partial charge on any atom is -0.412 e. The molecular weight excluding hydrogens is 274 g/mol. The lowest BCUT2D eigenvalue weighted by atomic mass is 10.2. The fourth-order valence-corrected chi connectivity index (χ4v) is 1.96. The van der Waals surface area contributed by atoms with Crippen LogP contribution in [0.4, 0.5) is 0 Å². The number of rotatable bonds is 4. The number of hydrogen-bond acceptors (Lipinski definition) is 3. The molecule has 0 saturated heterocycles. The van der Waals surface area contributed by atoms with E-state index >= 15 is 0 Å². The Morgan fingerprint density at radius 3 is 1.90 bits per heavy atom. The van der Waals surface area contributed by atoms with E-state index in [1.807, 2.05) is 36.4 Å². The van der Waals surface area contributed by atoms with Crippen molar-refractivity contribution in [3.63, 3.8) is 0 Å². The number of aliphatic hydroxyl groups excluding tert-OH is 1. The number of benzene rings is 2. The van der Waals surface area contributed by atoms with Gasteiger partial charge in [0.05, 0.1) is 6.61 Å². The van der Waals surface area contributed by atoms with Gasteiger partial charge in [-0.3, -0.25) is 4.79 Å². The van der Waals surface area contributed by atoms with Crippen molar-refractivity contribution in [2.24, 2.45) is 5.73 Å². The fourth-order valence-electron chi connectivity index (χ4n) is 1.28. The van der Waals surface area contributed by atoms with E-state index in [2.05, 4.69) is 0 Å². The highest BCUT2D eigenvalue weighted by atomic mass is 32.2. The Labute approximate surface area is 122 Å². The van der Waals surface area contributed by atoms with Crippen molar-refractivity contribution >= 4 is 17.7 Å². The first kappa shape index (κ1) is 18.2. The van der Waals surface area contributed by atoms with Gasteiger partial charge < -0.3 is 16.3 Å². The second-order valence-corrected chi connectivity index (χ2v) is 4.78. The van der Waals surface area contributed by atoms with Crippen LogP contribution in [0.15, 0.2) is 65.6 Å². The minimum absolute atomic E-state index is 0. The Balaban J connectivity index is 0.000000345. The minimum atomic E-state index is -0.379. The summed E-state index contributed by atoms with van der Waals surface area (Å²) in [6, 6.07) is 18.8. The van der Waals surface area contributed by atoms with Crippen molar-refractivity contribution in [1.82, 2.24) is 0 Å². The molecule has 2 aromatic rings. The van der Waals surface area contributed by atoms with Crippen LogP contribution in [0.5, 0.6) is 0 Å². The third kappa shape index (κ3) is 7.58. The number of nitrogens with two attached hydrogens (primary N) is 1. The van der Waals surface area contributed by atoms with Crippen molar-refractivity contribution in [2.45, 2.75) is 4.90 Å². The molecule has 0 fully saturated rings. The molecule has 4 nitrogen and oxygen atoms in total. The maximum atomic E-state index is 10.4. The molecule has 20 heavy (non-hydrogen) atoms. The molecular formula is C15H19NO3S. The Hall–Kier alpha value is -1.82. The first-order valence-electron chi connectivity index (χ1n) is 5.87. The second kappa shape index (κ2) is 11.0. The molecule has 0 atom stereocenters. The van der Waals surface area contributed by atoms with Crippen molar-refractivity contribution < 1.29 is 15.4 Å². The molecule has 0 unspecified atom stereocenters. The van der Waals surface area contributed by atoms with Gasteiger partial charge in [0.1, 0.15) is 0 Å². The van der Waals surface area contributed by atoms with Gasteiger partial charge in [-0.05, 0) is 24.3 Å². The number of thioether (sulfide) groups is 1. The van der Waals surface area contributed by atoms with E-state index in [0.717, 1.165) is 5.75 Å². The molecule has 108 valence electrons. The number of hydrogen-bond donors (Lipinski definition) is 2. The molecule has 0 aliphatic carbocycles. The van der Waals surface area contributed by atoms with E-state index in [9.17, 15) is 4.79 Å². The zero-order chi connectivity index (χ0) is 13.9. The van der Waals surface area contributed by atoms with Gasteiger partial charge in [0.2, 0.25) is 5.91 Å². The van der Waals surface area contributed by atoms with Crippen molar-refractivity contribution in [3.8, 4) is 0 Å². The Kier molecular flexibility index (Phi) is 10.0. The molecule has 0 spiro atoms. The topological polar surface area (TPSA) is 94.8 Å². The van der Waals surface area contributed by atoms with E-state index in [4.69, 9.17) is 10.8 Å². The molecule has 0 aliphatic heterocycles. The fraction of sp³-hybridized carbons (Fsp3) is 0.133. The third-order valence-corrected chi connectivity index (χ3v) is 3.15. The summed E-state index contributed by atoms with van der Waals surface area (Å²) < 4.78 is 0. The molecule has 5 heteroatoms. The van der Waals surface area contributed by atoms with Crippen LogP contribution in [0.25, 0.3) is 0 Å². The van der Waals surface area contributed by atoms with E-state index in [0.29, 0.717) is 5.56 Å². The number of amides is 1. The number of carbonyl (C=O) groups is 1. The molecule has 2 rings (SSSR count). The second-order valence-electron chi connectivity index (χ2n) is 3.62. The summed E-state index contributed by atoms with van der Waals surface area (Å²) in [6.07, 6.45) is 0. The number of carbonyl (C=O) groups excluding carboxylic acids is 1. The average molecular weight is 293 g/mol. The smallest absolute Gasteiger partial charge is 0.248 e. The highest BCUT2D eigenvalue weighted by molar-refractivity contribution is 7.99. The van der Waals surface area contributed by atoms with Gasteiger partial charge in [0, 0.05) is 16.2 Å². The summed E-state index contributed by atoms with van der Waals surface area (Å²) in [5.41, 5.74) is 5.53. The van der Waals surface area contributed by atoms with Crippen LogP contribution < -0.4 is 5.73 Å². The zero-order valence-corrected chi connectivity index (χ0v) is 11.8. The summed E-state index contributed by atoms with van der Waals surface area (Å²) in [6.45, 7) is 0.250. The standard InChI is InChI=1S/C8H10OS.C7H7NO.H2O/c9-6-7-10-8-4-2-1-3-5-8;8-7(9)6-4-2-1-3-5-6;/h1-5,9H,6-7H2;1-5H,(H2,8,9);1H2. The maximum absolute atomic E-state index is 10.4. The van der Waals surface area contributed by atoms with Gasteiger partial charge in [-0.25, -0.2) is 0 Å². The molecule has 2 aromatic carbocycles. The summed E-state index contributed by atoms with van der Waals surface area (Å²) in [5.74, 6) is 0.403. The van der Waals surface area contributed by atoms with E-state index in [1.54, 1.807) is 36.0 Å². The lowest BCUT2D eigenvalue weighted by Crippen LogP contribution is -2.09. The van der Waals surface area contributed by atoms with Crippen LogP contribution in [0, 0.1) is 0 Å². The Morgan fingerprint density at radius 2 is 1.50 bits per heavy atom. The predicted octanol–water partition coefficient (Wildman–Crippen LogP) is 1.73. The summed E-state index contributed by atoms with van der Waals surface area (Å²) in [7, 11) is 0.